The molecule has 0 atom stereocenters. The normalized spacial score (nSPS) is 12.4. The van der Waals surface area contributed by atoms with E-state index in [4.69, 9.17) is 5.73 Å². The Kier molecular flexibility index (Phi) is 8.63. The summed E-state index contributed by atoms with van der Waals surface area (Å²) in [5.41, 5.74) is 9.90. The van der Waals surface area contributed by atoms with E-state index in [1.165, 1.54) is 18.2 Å². The molecule has 0 bridgehead atoms. The Hall–Kier alpha value is -3.81. The number of nitrogens with one attached hydrogen (secondary N) is 2. The van der Waals surface area contributed by atoms with Crippen molar-refractivity contribution in [3.63, 3.8) is 0 Å². The molecule has 0 fully saturated rings. The zero-order valence-corrected chi connectivity index (χ0v) is 17.8. The molecule has 6 nitrogen and oxygen atoms in total. The second kappa shape index (κ2) is 11.4. The smallest absolute Gasteiger partial charge is 0.229 e. The van der Waals surface area contributed by atoms with E-state index in [-0.39, 0.29) is 5.69 Å². The number of hydrogen-bond donors (Lipinski definition) is 3. The number of anilines is 4. The molecule has 1 aliphatic heterocycles. The lowest BCUT2D eigenvalue weighted by Gasteiger charge is -2.14. The molecule has 0 aliphatic carbocycles. The lowest BCUT2D eigenvalue weighted by atomic mass is 10.1. The summed E-state index contributed by atoms with van der Waals surface area (Å²) in [5.74, 6) is 0.360. The molecule has 1 aliphatic rings. The third kappa shape index (κ3) is 6.60. The molecule has 0 saturated carbocycles. The van der Waals surface area contributed by atoms with Gasteiger partial charge < -0.3 is 16.4 Å². The number of hydrogen-bond acceptors (Lipinski definition) is 6. The number of nitrogens with two attached hydrogens (primary N) is 1. The van der Waals surface area contributed by atoms with Gasteiger partial charge in [-0.2, -0.15) is 4.98 Å². The van der Waals surface area contributed by atoms with Crippen LogP contribution < -0.4 is 16.4 Å². The molecule has 0 spiro atoms. The quantitative estimate of drug-likeness (QED) is 0.407. The monoisotopic (exact) mass is 424 g/mol. The van der Waals surface area contributed by atoms with Gasteiger partial charge in [0.15, 0.2) is 0 Å². The Morgan fingerprint density at radius 2 is 1.97 bits per heavy atom. The number of benzene rings is 1. The first-order valence-corrected chi connectivity index (χ1v) is 9.48. The van der Waals surface area contributed by atoms with Gasteiger partial charge in [0.25, 0.3) is 0 Å². The molecule has 0 unspecified atom stereocenters. The highest BCUT2D eigenvalue weighted by atomic mass is 19.1. The third-order valence-corrected chi connectivity index (χ3v) is 4.06. The Balaban J connectivity index is 0.00000166. The van der Waals surface area contributed by atoms with Gasteiger partial charge in [0.1, 0.15) is 11.6 Å². The first-order valence-electron chi connectivity index (χ1n) is 9.48. The van der Waals surface area contributed by atoms with E-state index >= 15 is 0 Å². The first kappa shape index (κ1) is 23.5. The molecule has 1 aromatic carbocycles. The van der Waals surface area contributed by atoms with Crippen molar-refractivity contribution in [2.75, 3.05) is 30.1 Å². The van der Waals surface area contributed by atoms with Crippen LogP contribution in [0.1, 0.15) is 19.4 Å². The van der Waals surface area contributed by atoms with Crippen LogP contribution >= 0.6 is 0 Å². The van der Waals surface area contributed by atoms with Crippen LogP contribution in [-0.2, 0) is 0 Å². The van der Waals surface area contributed by atoms with Crippen molar-refractivity contribution in [1.82, 2.24) is 9.97 Å². The fourth-order valence-corrected chi connectivity index (χ4v) is 2.61. The SMILES string of the molecule is C=C/C(=C\C=C(C)C)c1cnc(NC2=CCN=C2)nc1Nc1cc(N)ccc1F.CF. The second-order valence-electron chi connectivity index (χ2n) is 6.67. The number of rotatable bonds is 7. The summed E-state index contributed by atoms with van der Waals surface area (Å²) in [6, 6.07) is 4.34. The van der Waals surface area contributed by atoms with Crippen LogP contribution in [0.5, 0.6) is 0 Å². The van der Waals surface area contributed by atoms with Gasteiger partial charge in [-0.1, -0.05) is 30.4 Å². The highest BCUT2D eigenvalue weighted by molar-refractivity contribution is 5.86. The van der Waals surface area contributed by atoms with E-state index in [0.717, 1.165) is 16.8 Å². The summed E-state index contributed by atoms with van der Waals surface area (Å²) in [7, 11) is 0.500. The number of aromatic nitrogens is 2. The Bertz CT molecular complexity index is 1050. The lowest BCUT2D eigenvalue weighted by Crippen LogP contribution is -2.08. The van der Waals surface area contributed by atoms with E-state index in [0.29, 0.717) is 36.7 Å². The first-order chi connectivity index (χ1) is 15.0. The number of nitrogens with zero attached hydrogens (tertiary/aromatic N) is 3. The van der Waals surface area contributed by atoms with Crippen LogP contribution in [0.25, 0.3) is 5.57 Å². The Labute approximate surface area is 181 Å². The number of nitrogen functional groups attached to an aromatic ring is 1. The van der Waals surface area contributed by atoms with E-state index in [9.17, 15) is 8.78 Å². The van der Waals surface area contributed by atoms with Gasteiger partial charge in [-0.3, -0.25) is 9.38 Å². The number of halogens is 2. The Morgan fingerprint density at radius 1 is 1.19 bits per heavy atom. The highest BCUT2D eigenvalue weighted by Gasteiger charge is 2.13. The van der Waals surface area contributed by atoms with Gasteiger partial charge in [-0.25, -0.2) is 9.37 Å². The van der Waals surface area contributed by atoms with Crippen molar-refractivity contribution in [1.29, 1.82) is 0 Å². The van der Waals surface area contributed by atoms with Gasteiger partial charge in [0, 0.05) is 23.7 Å². The highest BCUT2D eigenvalue weighted by Crippen LogP contribution is 2.29. The Morgan fingerprint density at radius 3 is 2.61 bits per heavy atom. The molecule has 1 aromatic heterocycles. The average molecular weight is 424 g/mol. The predicted molar refractivity (Wildman–Crippen MR) is 126 cm³/mol. The van der Waals surface area contributed by atoms with Gasteiger partial charge in [0.05, 0.1) is 25.1 Å². The molecule has 8 heteroatoms. The minimum Gasteiger partial charge on any atom is -0.399 e. The largest absolute Gasteiger partial charge is 0.399 e. The molecular weight excluding hydrogens is 398 g/mol. The van der Waals surface area contributed by atoms with Crippen LogP contribution in [0.3, 0.4) is 0 Å². The van der Waals surface area contributed by atoms with Crippen LogP contribution in [0.4, 0.5) is 31.9 Å². The van der Waals surface area contributed by atoms with Crippen molar-refractivity contribution in [3.05, 3.63) is 77.9 Å². The topological polar surface area (TPSA) is 88.2 Å². The molecule has 2 heterocycles. The number of aliphatic imine (C=N–C) groups is 1. The number of alkyl halides is 1. The minimum absolute atomic E-state index is 0.225. The van der Waals surface area contributed by atoms with E-state index < -0.39 is 5.82 Å². The van der Waals surface area contributed by atoms with E-state index in [1.54, 1.807) is 18.5 Å². The molecule has 0 radical (unpaired) electrons. The maximum Gasteiger partial charge on any atom is 0.229 e. The third-order valence-electron chi connectivity index (χ3n) is 4.06. The summed E-state index contributed by atoms with van der Waals surface area (Å²) < 4.78 is 23.8. The fraction of sp³-hybridized carbons (Fsp3) is 0.174. The van der Waals surface area contributed by atoms with Crippen LogP contribution in [-0.4, -0.2) is 29.9 Å². The predicted octanol–water partition coefficient (Wildman–Crippen LogP) is 5.44. The van der Waals surface area contributed by atoms with Crippen molar-refractivity contribution in [2.45, 2.75) is 13.8 Å². The fourth-order valence-electron chi connectivity index (χ4n) is 2.61. The number of allylic oxidation sites excluding steroid dienone is 6. The van der Waals surface area contributed by atoms with Gasteiger partial charge in [-0.15, -0.1) is 0 Å². The molecule has 162 valence electrons. The van der Waals surface area contributed by atoms with Gasteiger partial charge in [-0.05, 0) is 43.7 Å². The summed E-state index contributed by atoms with van der Waals surface area (Å²) in [6.07, 6.45) is 10.9. The van der Waals surface area contributed by atoms with Crippen molar-refractivity contribution >= 4 is 34.9 Å². The zero-order valence-electron chi connectivity index (χ0n) is 17.8. The maximum atomic E-state index is 14.3. The van der Waals surface area contributed by atoms with E-state index in [2.05, 4.69) is 32.2 Å². The summed E-state index contributed by atoms with van der Waals surface area (Å²) in [5, 5.41) is 6.14. The summed E-state index contributed by atoms with van der Waals surface area (Å²) in [4.78, 5) is 13.1. The standard InChI is InChI=1S/C22H23FN6.CH3F/c1-4-15(6-5-14(2)3)18-13-26-22(27-17-9-10-25-12-17)29-21(18)28-20-11-16(24)7-8-19(20)23;1-2/h4-9,11-13H,1,10,24H2,2-3H3,(H2,26,27,28,29);1H3/b15-6+;. The molecule has 31 heavy (non-hydrogen) atoms. The maximum absolute atomic E-state index is 14.3. The van der Waals surface area contributed by atoms with Crippen molar-refractivity contribution in [2.24, 2.45) is 4.99 Å². The van der Waals surface area contributed by atoms with Crippen molar-refractivity contribution < 1.29 is 8.78 Å². The van der Waals surface area contributed by atoms with Crippen molar-refractivity contribution in [3.8, 4) is 0 Å². The summed E-state index contributed by atoms with van der Waals surface area (Å²) in [6.45, 7) is 8.50. The lowest BCUT2D eigenvalue weighted by molar-refractivity contribution is 0.632. The average Bonchev–Trinajstić information content (AvgIpc) is 3.26. The van der Waals surface area contributed by atoms with Crippen LogP contribution in [0.15, 0.2) is 71.5 Å². The van der Waals surface area contributed by atoms with E-state index in [1.807, 2.05) is 32.1 Å². The van der Waals surface area contributed by atoms with Gasteiger partial charge in [0.2, 0.25) is 5.95 Å². The molecule has 2 aromatic rings. The molecular formula is C23H26F2N6. The second-order valence-corrected chi connectivity index (χ2v) is 6.67. The van der Waals surface area contributed by atoms with Crippen LogP contribution in [0.2, 0.25) is 0 Å². The molecule has 0 amide bonds. The summed E-state index contributed by atoms with van der Waals surface area (Å²) >= 11 is 0. The minimum atomic E-state index is -0.433. The zero-order chi connectivity index (χ0) is 22.8. The molecule has 4 N–H and O–H groups in total. The molecule has 3 rings (SSSR count). The van der Waals surface area contributed by atoms with Crippen LogP contribution in [0, 0.1) is 5.82 Å². The molecule has 0 saturated heterocycles. The van der Waals surface area contributed by atoms with Gasteiger partial charge >= 0.3 is 0 Å².